The maximum absolute atomic E-state index is 11.6. The lowest BCUT2D eigenvalue weighted by Crippen LogP contribution is -2.53. The van der Waals surface area contributed by atoms with Crippen LogP contribution in [0.2, 0.25) is 0 Å². The smallest absolute Gasteiger partial charge is 0.326 e. The summed E-state index contributed by atoms with van der Waals surface area (Å²) in [5.74, 6) is -0.800. The number of esters is 1. The van der Waals surface area contributed by atoms with Crippen molar-refractivity contribution in [2.75, 3.05) is 12.9 Å². The first-order chi connectivity index (χ1) is 7.31. The number of nitrogens with one attached hydrogen (secondary N) is 1. The highest BCUT2D eigenvalue weighted by Crippen LogP contribution is 2.15. The summed E-state index contributed by atoms with van der Waals surface area (Å²) in [6, 6.07) is 0. The molecule has 1 atom stereocenters. The number of carbonyl (C=O) groups excluding carboxylic acids is 1. The van der Waals surface area contributed by atoms with Crippen LogP contribution >= 0.6 is 0 Å². The summed E-state index contributed by atoms with van der Waals surface area (Å²) < 4.78 is 30.1. The molecule has 94 valence electrons. The summed E-state index contributed by atoms with van der Waals surface area (Å²) in [6.45, 7) is 6.73. The van der Waals surface area contributed by atoms with Gasteiger partial charge in [0, 0.05) is 0 Å². The highest BCUT2D eigenvalue weighted by molar-refractivity contribution is 7.89. The first kappa shape index (κ1) is 15.1. The lowest BCUT2D eigenvalue weighted by Gasteiger charge is -2.26. The van der Waals surface area contributed by atoms with Gasteiger partial charge in [0.1, 0.15) is 5.54 Å². The van der Waals surface area contributed by atoms with Gasteiger partial charge in [-0.25, -0.2) is 8.42 Å². The second kappa shape index (κ2) is 6.00. The summed E-state index contributed by atoms with van der Waals surface area (Å²) in [7, 11) is -2.30. The Labute approximate surface area is 96.9 Å². The number of methoxy groups -OCH3 is 1. The third-order valence-corrected chi connectivity index (χ3v) is 3.54. The molecule has 0 aliphatic heterocycles. The van der Waals surface area contributed by atoms with E-state index >= 15 is 0 Å². The van der Waals surface area contributed by atoms with E-state index in [2.05, 4.69) is 16.0 Å². The summed E-state index contributed by atoms with van der Waals surface area (Å²) in [5.41, 5.74) is -1.20. The van der Waals surface area contributed by atoms with Gasteiger partial charge in [0.25, 0.3) is 0 Å². The number of sulfonamides is 1. The molecular formula is C10H19NO4S. The second-order valence-corrected chi connectivity index (χ2v) is 5.51. The molecule has 16 heavy (non-hydrogen) atoms. The van der Waals surface area contributed by atoms with Crippen LogP contribution in [-0.2, 0) is 19.6 Å². The van der Waals surface area contributed by atoms with Gasteiger partial charge in [-0.2, -0.15) is 4.72 Å². The van der Waals surface area contributed by atoms with Crippen LogP contribution in [0.3, 0.4) is 0 Å². The first-order valence-corrected chi connectivity index (χ1v) is 6.67. The zero-order valence-corrected chi connectivity index (χ0v) is 10.8. The molecule has 0 rings (SSSR count). The molecule has 0 radical (unpaired) electrons. The molecule has 0 aliphatic carbocycles. The number of rotatable bonds is 7. The minimum Gasteiger partial charge on any atom is -0.468 e. The predicted molar refractivity (Wildman–Crippen MR) is 62.4 cm³/mol. The minimum atomic E-state index is -3.54. The molecule has 0 aromatic rings. The van der Waals surface area contributed by atoms with E-state index in [1.165, 1.54) is 20.1 Å². The van der Waals surface area contributed by atoms with Crippen molar-refractivity contribution in [3.05, 3.63) is 12.7 Å². The molecule has 0 saturated carbocycles. The molecule has 0 spiro atoms. The Bertz CT molecular complexity index is 350. The standard InChI is InChI=1S/C10H19NO4S/c1-5-7-10(3,9(12)15-4)11-16(13,14)8-6-2/h6,11H,2,5,7-8H2,1,3-4H3. The van der Waals surface area contributed by atoms with Crippen LogP contribution in [0.1, 0.15) is 26.7 Å². The Hall–Kier alpha value is -0.880. The maximum Gasteiger partial charge on any atom is 0.326 e. The molecular weight excluding hydrogens is 230 g/mol. The number of hydrogen-bond donors (Lipinski definition) is 1. The fourth-order valence-electron chi connectivity index (χ4n) is 1.46. The molecule has 6 heteroatoms. The zero-order valence-electron chi connectivity index (χ0n) is 9.95. The van der Waals surface area contributed by atoms with E-state index < -0.39 is 21.5 Å². The Morgan fingerprint density at radius 1 is 1.56 bits per heavy atom. The average molecular weight is 249 g/mol. The van der Waals surface area contributed by atoms with Gasteiger partial charge in [0.2, 0.25) is 10.0 Å². The van der Waals surface area contributed by atoms with Gasteiger partial charge in [-0.05, 0) is 13.3 Å². The largest absolute Gasteiger partial charge is 0.468 e. The van der Waals surface area contributed by atoms with E-state index in [1.54, 1.807) is 0 Å². The third kappa shape index (κ3) is 4.32. The Morgan fingerprint density at radius 3 is 2.50 bits per heavy atom. The summed E-state index contributed by atoms with van der Waals surface area (Å²) in [5, 5.41) is 0. The molecule has 5 nitrogen and oxygen atoms in total. The van der Waals surface area contributed by atoms with Gasteiger partial charge in [0.05, 0.1) is 12.9 Å². The van der Waals surface area contributed by atoms with Crippen LogP contribution in [0.5, 0.6) is 0 Å². The number of ether oxygens (including phenoxy) is 1. The van der Waals surface area contributed by atoms with Crippen LogP contribution in [0.4, 0.5) is 0 Å². The molecule has 0 aromatic carbocycles. The molecule has 0 saturated heterocycles. The number of carbonyl (C=O) groups is 1. The van der Waals surface area contributed by atoms with Crippen molar-refractivity contribution in [2.24, 2.45) is 0 Å². The van der Waals surface area contributed by atoms with Crippen molar-refractivity contribution >= 4 is 16.0 Å². The fraction of sp³-hybridized carbons (Fsp3) is 0.700. The van der Waals surface area contributed by atoms with E-state index in [0.717, 1.165) is 0 Å². The van der Waals surface area contributed by atoms with E-state index in [9.17, 15) is 13.2 Å². The van der Waals surface area contributed by atoms with Crippen molar-refractivity contribution < 1.29 is 17.9 Å². The number of hydrogen-bond acceptors (Lipinski definition) is 4. The molecule has 0 bridgehead atoms. The molecule has 0 aromatic heterocycles. The van der Waals surface area contributed by atoms with Crippen LogP contribution in [0, 0.1) is 0 Å². The van der Waals surface area contributed by atoms with Crippen molar-refractivity contribution in [3.8, 4) is 0 Å². The minimum absolute atomic E-state index is 0.219. The quantitative estimate of drug-likeness (QED) is 0.535. The van der Waals surface area contributed by atoms with Gasteiger partial charge in [-0.1, -0.05) is 19.4 Å². The molecule has 0 aliphatic rings. The van der Waals surface area contributed by atoms with Crippen molar-refractivity contribution in [3.63, 3.8) is 0 Å². The lowest BCUT2D eigenvalue weighted by atomic mass is 9.98. The fourth-order valence-corrected chi connectivity index (χ4v) is 2.73. The monoisotopic (exact) mass is 249 g/mol. The third-order valence-electron chi connectivity index (χ3n) is 2.10. The zero-order chi connectivity index (χ0) is 12.8. The van der Waals surface area contributed by atoms with Gasteiger partial charge in [0.15, 0.2) is 0 Å². The maximum atomic E-state index is 11.6. The summed E-state index contributed by atoms with van der Waals surface area (Å²) in [6.07, 6.45) is 2.32. The van der Waals surface area contributed by atoms with E-state index in [4.69, 9.17) is 0 Å². The highest BCUT2D eigenvalue weighted by atomic mass is 32.2. The average Bonchev–Trinajstić information content (AvgIpc) is 2.15. The normalized spacial score (nSPS) is 15.2. The van der Waals surface area contributed by atoms with Crippen molar-refractivity contribution in [1.29, 1.82) is 0 Å². The molecule has 1 N–H and O–H groups in total. The Kier molecular flexibility index (Phi) is 5.67. The highest BCUT2D eigenvalue weighted by Gasteiger charge is 2.37. The molecule has 0 heterocycles. The lowest BCUT2D eigenvalue weighted by molar-refractivity contribution is -0.147. The molecule has 0 fully saturated rings. The van der Waals surface area contributed by atoms with Crippen LogP contribution in [-0.4, -0.2) is 32.8 Å². The predicted octanol–water partition coefficient (Wildman–Crippen LogP) is 0.824. The summed E-state index contributed by atoms with van der Waals surface area (Å²) >= 11 is 0. The van der Waals surface area contributed by atoms with E-state index in [-0.39, 0.29) is 5.75 Å². The van der Waals surface area contributed by atoms with Crippen LogP contribution < -0.4 is 4.72 Å². The molecule has 1 unspecified atom stereocenters. The first-order valence-electron chi connectivity index (χ1n) is 5.02. The van der Waals surface area contributed by atoms with Gasteiger partial charge in [-0.15, -0.1) is 6.58 Å². The van der Waals surface area contributed by atoms with Crippen molar-refractivity contribution in [1.82, 2.24) is 4.72 Å². The Balaban J connectivity index is 4.94. The van der Waals surface area contributed by atoms with E-state index in [0.29, 0.717) is 12.8 Å². The second-order valence-electron chi connectivity index (χ2n) is 3.75. The topological polar surface area (TPSA) is 72.5 Å². The van der Waals surface area contributed by atoms with Crippen molar-refractivity contribution in [2.45, 2.75) is 32.2 Å². The molecule has 0 amide bonds. The van der Waals surface area contributed by atoms with Crippen LogP contribution in [0.15, 0.2) is 12.7 Å². The van der Waals surface area contributed by atoms with E-state index in [1.807, 2.05) is 6.92 Å². The van der Waals surface area contributed by atoms with Crippen LogP contribution in [0.25, 0.3) is 0 Å². The Morgan fingerprint density at radius 2 is 2.12 bits per heavy atom. The SMILES string of the molecule is C=CCS(=O)(=O)NC(C)(CCC)C(=O)OC. The van der Waals surface area contributed by atoms with Gasteiger partial charge in [-0.3, -0.25) is 4.79 Å². The van der Waals surface area contributed by atoms with Gasteiger partial charge < -0.3 is 4.74 Å². The summed E-state index contributed by atoms with van der Waals surface area (Å²) in [4.78, 5) is 11.5. The van der Waals surface area contributed by atoms with Gasteiger partial charge >= 0.3 is 5.97 Å².